The van der Waals surface area contributed by atoms with Crippen molar-refractivity contribution in [3.8, 4) is 0 Å². The molecule has 1 aromatic heterocycles. The lowest BCUT2D eigenvalue weighted by atomic mass is 10.2. The van der Waals surface area contributed by atoms with Crippen molar-refractivity contribution in [2.24, 2.45) is 0 Å². The van der Waals surface area contributed by atoms with Gasteiger partial charge in [0.2, 0.25) is 0 Å². The molecule has 1 heterocycles. The standard InChI is InChI=1S/C12H8BrNO2/c13-9-2-5-11-8(7-9)1-3-10(14-11)4-6-12(15)16/h1-7H,(H,15,16)/b6-4+. The van der Waals surface area contributed by atoms with E-state index in [4.69, 9.17) is 5.11 Å². The Kier molecular flexibility index (Phi) is 3.01. The Morgan fingerprint density at radius 1 is 1.31 bits per heavy atom. The summed E-state index contributed by atoms with van der Waals surface area (Å²) in [5.74, 6) is -0.974. The van der Waals surface area contributed by atoms with Gasteiger partial charge in [-0.25, -0.2) is 9.78 Å². The minimum atomic E-state index is -0.974. The molecule has 80 valence electrons. The zero-order chi connectivity index (χ0) is 11.5. The molecule has 16 heavy (non-hydrogen) atoms. The van der Waals surface area contributed by atoms with Gasteiger partial charge in [-0.1, -0.05) is 22.0 Å². The van der Waals surface area contributed by atoms with Gasteiger partial charge in [-0.15, -0.1) is 0 Å². The van der Waals surface area contributed by atoms with Gasteiger partial charge in [-0.05, 0) is 30.3 Å². The number of benzene rings is 1. The highest BCUT2D eigenvalue weighted by atomic mass is 79.9. The Hall–Kier alpha value is -1.68. The number of hydrogen-bond acceptors (Lipinski definition) is 2. The van der Waals surface area contributed by atoms with Crippen LogP contribution in [0.5, 0.6) is 0 Å². The van der Waals surface area contributed by atoms with Crippen LogP contribution in [0.2, 0.25) is 0 Å². The first-order valence-corrected chi connectivity index (χ1v) is 5.42. The molecule has 0 atom stereocenters. The number of aromatic nitrogens is 1. The predicted octanol–water partition coefficient (Wildman–Crippen LogP) is 3.10. The van der Waals surface area contributed by atoms with Gasteiger partial charge in [0.25, 0.3) is 0 Å². The molecule has 3 nitrogen and oxygen atoms in total. The Morgan fingerprint density at radius 2 is 2.12 bits per heavy atom. The second kappa shape index (κ2) is 4.45. The van der Waals surface area contributed by atoms with Crippen molar-refractivity contribution in [1.29, 1.82) is 0 Å². The fraction of sp³-hybridized carbons (Fsp3) is 0. The first-order valence-electron chi connectivity index (χ1n) is 4.62. The van der Waals surface area contributed by atoms with Crippen LogP contribution in [-0.2, 0) is 4.79 Å². The van der Waals surface area contributed by atoms with E-state index in [0.29, 0.717) is 5.69 Å². The van der Waals surface area contributed by atoms with Gasteiger partial charge in [0.15, 0.2) is 0 Å². The molecule has 0 saturated heterocycles. The van der Waals surface area contributed by atoms with Gasteiger partial charge >= 0.3 is 5.97 Å². The summed E-state index contributed by atoms with van der Waals surface area (Å²) in [6.07, 6.45) is 2.55. The average molecular weight is 278 g/mol. The molecule has 0 spiro atoms. The van der Waals surface area contributed by atoms with Crippen LogP contribution in [0.3, 0.4) is 0 Å². The van der Waals surface area contributed by atoms with Crippen molar-refractivity contribution >= 4 is 38.9 Å². The van der Waals surface area contributed by atoms with E-state index in [1.165, 1.54) is 6.08 Å². The number of carboxylic acid groups (broad SMARTS) is 1. The normalized spacial score (nSPS) is 11.1. The molecular weight excluding hydrogens is 270 g/mol. The van der Waals surface area contributed by atoms with E-state index in [1.807, 2.05) is 24.3 Å². The van der Waals surface area contributed by atoms with Crippen LogP contribution in [0.1, 0.15) is 5.69 Å². The molecule has 0 aliphatic carbocycles. The zero-order valence-electron chi connectivity index (χ0n) is 8.22. The number of nitrogens with zero attached hydrogens (tertiary/aromatic N) is 1. The van der Waals surface area contributed by atoms with Crippen LogP contribution >= 0.6 is 15.9 Å². The average Bonchev–Trinajstić information content (AvgIpc) is 2.26. The maximum Gasteiger partial charge on any atom is 0.328 e. The highest BCUT2D eigenvalue weighted by Crippen LogP contribution is 2.18. The Balaban J connectivity index is 2.44. The summed E-state index contributed by atoms with van der Waals surface area (Å²) in [6, 6.07) is 9.45. The van der Waals surface area contributed by atoms with Crippen molar-refractivity contribution in [1.82, 2.24) is 4.98 Å². The van der Waals surface area contributed by atoms with E-state index in [1.54, 1.807) is 6.07 Å². The second-order valence-electron chi connectivity index (χ2n) is 3.24. The molecule has 2 rings (SSSR count). The summed E-state index contributed by atoms with van der Waals surface area (Å²) in [5.41, 5.74) is 1.48. The molecule has 0 unspecified atom stereocenters. The van der Waals surface area contributed by atoms with Gasteiger partial charge in [-0.3, -0.25) is 0 Å². The van der Waals surface area contributed by atoms with Gasteiger partial charge in [0, 0.05) is 15.9 Å². The fourth-order valence-electron chi connectivity index (χ4n) is 1.36. The molecule has 2 aromatic rings. The number of fused-ring (bicyclic) bond motifs is 1. The summed E-state index contributed by atoms with van der Waals surface area (Å²) in [6.45, 7) is 0. The molecule has 0 saturated carbocycles. The predicted molar refractivity (Wildman–Crippen MR) is 66.1 cm³/mol. The molecular formula is C12H8BrNO2. The first kappa shape index (κ1) is 10.8. The van der Waals surface area contributed by atoms with Crippen molar-refractivity contribution < 1.29 is 9.90 Å². The van der Waals surface area contributed by atoms with Crippen LogP contribution in [0, 0.1) is 0 Å². The number of hydrogen-bond donors (Lipinski definition) is 1. The minimum absolute atomic E-state index is 0.636. The second-order valence-corrected chi connectivity index (χ2v) is 4.16. The van der Waals surface area contributed by atoms with Gasteiger partial charge in [-0.2, -0.15) is 0 Å². The van der Waals surface area contributed by atoms with Crippen molar-refractivity contribution in [3.05, 3.63) is 46.6 Å². The van der Waals surface area contributed by atoms with Crippen molar-refractivity contribution in [2.75, 3.05) is 0 Å². The van der Waals surface area contributed by atoms with Crippen molar-refractivity contribution in [3.63, 3.8) is 0 Å². The topological polar surface area (TPSA) is 50.2 Å². The fourth-order valence-corrected chi connectivity index (χ4v) is 1.74. The van der Waals surface area contributed by atoms with Crippen molar-refractivity contribution in [2.45, 2.75) is 0 Å². The van der Waals surface area contributed by atoms with Gasteiger partial charge in [0.1, 0.15) is 0 Å². The van der Waals surface area contributed by atoms with E-state index in [2.05, 4.69) is 20.9 Å². The molecule has 0 aliphatic rings. The Bertz CT molecular complexity index is 578. The van der Waals surface area contributed by atoms with E-state index >= 15 is 0 Å². The third kappa shape index (κ3) is 2.46. The third-order valence-corrected chi connectivity index (χ3v) is 2.56. The molecule has 4 heteroatoms. The lowest BCUT2D eigenvalue weighted by Gasteiger charge is -1.99. The van der Waals surface area contributed by atoms with E-state index in [-0.39, 0.29) is 0 Å². The molecule has 0 bridgehead atoms. The van der Waals surface area contributed by atoms with E-state index in [9.17, 15) is 4.79 Å². The maximum absolute atomic E-state index is 10.4. The summed E-state index contributed by atoms with van der Waals surface area (Å²) < 4.78 is 0.996. The monoisotopic (exact) mass is 277 g/mol. The zero-order valence-corrected chi connectivity index (χ0v) is 9.81. The van der Waals surface area contributed by atoms with Crippen LogP contribution in [-0.4, -0.2) is 16.1 Å². The maximum atomic E-state index is 10.4. The molecule has 0 amide bonds. The SMILES string of the molecule is O=C(O)/C=C/c1ccc2cc(Br)ccc2n1. The summed E-state index contributed by atoms with van der Waals surface area (Å²) in [7, 11) is 0. The summed E-state index contributed by atoms with van der Waals surface area (Å²) in [4.78, 5) is 14.7. The number of carboxylic acids is 1. The lowest BCUT2D eigenvalue weighted by Crippen LogP contribution is -1.88. The Labute approximate surface area is 101 Å². The smallest absolute Gasteiger partial charge is 0.328 e. The number of rotatable bonds is 2. The lowest BCUT2D eigenvalue weighted by molar-refractivity contribution is -0.131. The Morgan fingerprint density at radius 3 is 2.88 bits per heavy atom. The minimum Gasteiger partial charge on any atom is -0.478 e. The van der Waals surface area contributed by atoms with Crippen LogP contribution < -0.4 is 0 Å². The quantitative estimate of drug-likeness (QED) is 0.859. The largest absolute Gasteiger partial charge is 0.478 e. The molecule has 1 aromatic carbocycles. The van der Waals surface area contributed by atoms with E-state index in [0.717, 1.165) is 21.5 Å². The summed E-state index contributed by atoms with van der Waals surface area (Å²) in [5, 5.41) is 9.52. The molecule has 1 N–H and O–H groups in total. The first-order chi connectivity index (χ1) is 7.65. The number of carbonyl (C=O) groups is 1. The molecule has 0 aliphatic heterocycles. The summed E-state index contributed by atoms with van der Waals surface area (Å²) >= 11 is 3.38. The molecule has 0 radical (unpaired) electrons. The number of aliphatic carboxylic acids is 1. The van der Waals surface area contributed by atoms with Crippen LogP contribution in [0.25, 0.3) is 17.0 Å². The third-order valence-electron chi connectivity index (χ3n) is 2.07. The van der Waals surface area contributed by atoms with E-state index < -0.39 is 5.97 Å². The van der Waals surface area contributed by atoms with Gasteiger partial charge in [0.05, 0.1) is 11.2 Å². The molecule has 0 fully saturated rings. The number of halogens is 1. The van der Waals surface area contributed by atoms with Crippen LogP contribution in [0.15, 0.2) is 40.9 Å². The highest BCUT2D eigenvalue weighted by Gasteiger charge is 1.97. The number of pyridine rings is 1. The highest BCUT2D eigenvalue weighted by molar-refractivity contribution is 9.10. The van der Waals surface area contributed by atoms with Gasteiger partial charge < -0.3 is 5.11 Å². The van der Waals surface area contributed by atoms with Crippen LogP contribution in [0.4, 0.5) is 0 Å².